The predicted molar refractivity (Wildman–Crippen MR) is 103 cm³/mol. The smallest absolute Gasteiger partial charge is 0.460 e. The van der Waals surface area contributed by atoms with Crippen LogP contribution < -0.4 is 0 Å². The summed E-state index contributed by atoms with van der Waals surface area (Å²) in [6.07, 6.45) is -3.91. The predicted octanol–water partition coefficient (Wildman–Crippen LogP) is 5.23. The lowest BCUT2D eigenvalue weighted by Crippen LogP contribution is -2.59. The molecule has 0 aromatic rings. The van der Waals surface area contributed by atoms with E-state index in [0.717, 1.165) is 19.3 Å². The Morgan fingerprint density at radius 3 is 2.06 bits per heavy atom. The van der Waals surface area contributed by atoms with Crippen LogP contribution in [0.3, 0.4) is 0 Å². The largest absolute Gasteiger partial charge is 0.462 e. The van der Waals surface area contributed by atoms with Gasteiger partial charge in [0.1, 0.15) is 0 Å². The number of hydrogen-bond acceptors (Lipinski definition) is 5. The Morgan fingerprint density at radius 2 is 1.56 bits per heavy atom. The molecule has 0 saturated heterocycles. The van der Waals surface area contributed by atoms with E-state index < -0.39 is 48.3 Å². The highest BCUT2D eigenvalue weighted by Gasteiger charge is 2.73. The average molecular weight is 504 g/mol. The Hall–Kier alpha value is -1.85. The molecule has 12 heteroatoms. The first-order valence-corrected chi connectivity index (χ1v) is 10.9. The molecule has 0 spiro atoms. The molecule has 0 radical (unpaired) electrons. The zero-order valence-electron chi connectivity index (χ0n) is 18.8. The summed E-state index contributed by atoms with van der Waals surface area (Å²) in [6.45, 7) is 3.93. The maximum Gasteiger partial charge on any atom is 0.460 e. The molecule has 4 saturated carbocycles. The van der Waals surface area contributed by atoms with Gasteiger partial charge in [0.25, 0.3) is 0 Å². The van der Waals surface area contributed by atoms with Crippen LogP contribution in [0.5, 0.6) is 0 Å². The van der Waals surface area contributed by atoms with Gasteiger partial charge in [0.05, 0.1) is 12.2 Å². The van der Waals surface area contributed by atoms with Crippen LogP contribution in [-0.2, 0) is 23.8 Å². The number of halogens is 7. The zero-order valence-corrected chi connectivity index (χ0v) is 18.8. The van der Waals surface area contributed by atoms with E-state index in [1.54, 1.807) is 0 Å². The van der Waals surface area contributed by atoms with Gasteiger partial charge >= 0.3 is 30.0 Å². The molecule has 4 fully saturated rings. The number of alkyl halides is 7. The lowest BCUT2D eigenvalue weighted by atomic mass is 9.48. The molecule has 4 aliphatic rings. The van der Waals surface area contributed by atoms with Gasteiger partial charge in [0.15, 0.2) is 12.7 Å². The Labute approximate surface area is 192 Å². The van der Waals surface area contributed by atoms with E-state index in [1.807, 2.05) is 0 Å². The lowest BCUT2D eigenvalue weighted by molar-refractivity contribution is -0.360. The number of carbonyl (C=O) groups excluding carboxylic acids is 2. The van der Waals surface area contributed by atoms with E-state index in [1.165, 1.54) is 13.8 Å². The third-order valence-corrected chi connectivity index (χ3v) is 6.96. The Morgan fingerprint density at radius 1 is 1.00 bits per heavy atom. The van der Waals surface area contributed by atoms with Gasteiger partial charge < -0.3 is 14.2 Å². The second kappa shape index (κ2) is 8.67. The monoisotopic (exact) mass is 504 g/mol. The highest BCUT2D eigenvalue weighted by atomic mass is 19.4. The van der Waals surface area contributed by atoms with Crippen LogP contribution in [0.15, 0.2) is 12.2 Å². The minimum atomic E-state index is -6.51. The fourth-order valence-corrected chi connectivity index (χ4v) is 6.01. The summed E-state index contributed by atoms with van der Waals surface area (Å²) >= 11 is 0. The van der Waals surface area contributed by atoms with Gasteiger partial charge in [-0.15, -0.1) is 0 Å². The first-order valence-electron chi connectivity index (χ1n) is 10.9. The number of esters is 2. The van der Waals surface area contributed by atoms with Crippen LogP contribution in [0.25, 0.3) is 0 Å². The molecule has 3 unspecified atom stereocenters. The van der Waals surface area contributed by atoms with Crippen molar-refractivity contribution in [2.24, 2.45) is 17.3 Å². The molecule has 4 bridgehead atoms. The number of carbonyl (C=O) groups is 2. The van der Waals surface area contributed by atoms with Crippen LogP contribution in [-0.4, -0.2) is 54.9 Å². The summed E-state index contributed by atoms with van der Waals surface area (Å²) in [5.74, 6) is -13.5. The van der Waals surface area contributed by atoms with E-state index in [0.29, 0.717) is 19.3 Å². The van der Waals surface area contributed by atoms with Gasteiger partial charge in [-0.3, -0.25) is 0 Å². The molecular weight excluding hydrogens is 477 g/mol. The van der Waals surface area contributed by atoms with Crippen molar-refractivity contribution >= 4 is 11.9 Å². The van der Waals surface area contributed by atoms with Gasteiger partial charge in [0.2, 0.25) is 0 Å². The van der Waals surface area contributed by atoms with Crippen LogP contribution >= 0.6 is 0 Å². The van der Waals surface area contributed by atoms with E-state index in [2.05, 4.69) is 11.3 Å². The van der Waals surface area contributed by atoms with E-state index >= 15 is 0 Å². The quantitative estimate of drug-likeness (QED) is 0.245. The summed E-state index contributed by atoms with van der Waals surface area (Å²) in [6, 6.07) is 0. The molecule has 0 N–H and O–H groups in total. The van der Waals surface area contributed by atoms with Gasteiger partial charge in [0, 0.05) is 11.0 Å². The fourth-order valence-electron chi connectivity index (χ4n) is 6.01. The van der Waals surface area contributed by atoms with Crippen molar-refractivity contribution in [2.45, 2.75) is 82.1 Å². The van der Waals surface area contributed by atoms with Crippen molar-refractivity contribution in [3.63, 3.8) is 0 Å². The minimum absolute atomic E-state index is 0.133. The van der Waals surface area contributed by atoms with Crippen molar-refractivity contribution in [3.8, 4) is 0 Å². The topological polar surface area (TPSA) is 61.8 Å². The maximum atomic E-state index is 13.5. The molecule has 3 atom stereocenters. The third-order valence-electron chi connectivity index (χ3n) is 6.96. The SMILES string of the molecule is C=C(C)C(=O)OCC12CC3CC(C1)CC(OC(C)C(=O)OCC(F)(F)C(F)(F)C(F)(F)F)(C3)C2. The van der Waals surface area contributed by atoms with Gasteiger partial charge in [-0.2, -0.15) is 30.7 Å². The highest BCUT2D eigenvalue weighted by molar-refractivity contribution is 5.86. The first kappa shape index (κ1) is 26.7. The molecule has 194 valence electrons. The van der Waals surface area contributed by atoms with Gasteiger partial charge in [-0.05, 0) is 64.2 Å². The first-order chi connectivity index (χ1) is 15.4. The van der Waals surface area contributed by atoms with Crippen LogP contribution in [0.2, 0.25) is 0 Å². The lowest BCUT2D eigenvalue weighted by Gasteiger charge is -2.61. The van der Waals surface area contributed by atoms with E-state index in [-0.39, 0.29) is 29.4 Å². The molecule has 0 aromatic carbocycles. The number of rotatable bonds is 9. The molecule has 4 rings (SSSR count). The van der Waals surface area contributed by atoms with Crippen molar-refractivity contribution < 1.29 is 54.5 Å². The van der Waals surface area contributed by atoms with Crippen molar-refractivity contribution in [1.29, 1.82) is 0 Å². The molecule has 0 aliphatic heterocycles. The van der Waals surface area contributed by atoms with Crippen LogP contribution in [0.4, 0.5) is 30.7 Å². The summed E-state index contributed by atoms with van der Waals surface area (Å²) in [5.41, 5.74) is -0.975. The summed E-state index contributed by atoms with van der Waals surface area (Å²) in [4.78, 5) is 24.0. The third kappa shape index (κ3) is 5.06. The van der Waals surface area contributed by atoms with Crippen LogP contribution in [0.1, 0.15) is 52.4 Å². The molecule has 0 aromatic heterocycles. The zero-order chi connectivity index (χ0) is 25.7. The minimum Gasteiger partial charge on any atom is -0.462 e. The van der Waals surface area contributed by atoms with Crippen molar-refractivity contribution in [1.82, 2.24) is 0 Å². The van der Waals surface area contributed by atoms with E-state index in [9.17, 15) is 40.3 Å². The molecule has 4 aliphatic carbocycles. The second-order valence-electron chi connectivity index (χ2n) is 10.1. The Bertz CT molecular complexity index is 824. The standard InChI is InChI=1S/C22H27F7O5/c1-12(2)16(30)32-10-18-5-14-4-15(6-18)8-19(7-14,9-18)34-13(3)17(31)33-11-20(23,24)21(25,26)22(27,28)29/h13-15H,1,4-11H2,2-3H3. The van der Waals surface area contributed by atoms with Crippen LogP contribution in [0, 0.1) is 17.3 Å². The highest BCUT2D eigenvalue weighted by Crippen LogP contribution is 2.63. The van der Waals surface area contributed by atoms with Crippen molar-refractivity contribution in [2.75, 3.05) is 13.2 Å². The Balaban J connectivity index is 1.64. The molecule has 34 heavy (non-hydrogen) atoms. The number of ether oxygens (including phenoxy) is 3. The van der Waals surface area contributed by atoms with Gasteiger partial charge in [-0.25, -0.2) is 9.59 Å². The number of hydrogen-bond donors (Lipinski definition) is 0. The summed E-state index contributed by atoms with van der Waals surface area (Å²) < 4.78 is 105. The average Bonchev–Trinajstić information content (AvgIpc) is 2.67. The van der Waals surface area contributed by atoms with Crippen molar-refractivity contribution in [3.05, 3.63) is 12.2 Å². The fraction of sp³-hybridized carbons (Fsp3) is 0.818. The summed E-state index contributed by atoms with van der Waals surface area (Å²) in [7, 11) is 0. The molecule has 0 heterocycles. The molecule has 0 amide bonds. The normalized spacial score (nSPS) is 31.8. The summed E-state index contributed by atoms with van der Waals surface area (Å²) in [5, 5.41) is 0. The second-order valence-corrected chi connectivity index (χ2v) is 10.1. The molecular formula is C22H27F7O5. The van der Waals surface area contributed by atoms with E-state index in [4.69, 9.17) is 9.47 Å². The Kier molecular flexibility index (Phi) is 6.82. The van der Waals surface area contributed by atoms with Gasteiger partial charge in [-0.1, -0.05) is 6.58 Å². The maximum absolute atomic E-state index is 13.5. The molecule has 5 nitrogen and oxygen atoms in total.